The van der Waals surface area contributed by atoms with Gasteiger partial charge in [0.25, 0.3) is 0 Å². The number of carbonyl (C=O) groups excluding carboxylic acids is 1. The zero-order valence-corrected chi connectivity index (χ0v) is 12.1. The molecule has 0 spiro atoms. The van der Waals surface area contributed by atoms with Gasteiger partial charge < -0.3 is 15.3 Å². The van der Waals surface area contributed by atoms with Gasteiger partial charge in [-0.3, -0.25) is 0 Å². The number of amides is 2. The zero-order chi connectivity index (χ0) is 14.0. The van der Waals surface area contributed by atoms with E-state index < -0.39 is 5.97 Å². The van der Waals surface area contributed by atoms with Crippen LogP contribution in [0.25, 0.3) is 0 Å². The van der Waals surface area contributed by atoms with Crippen molar-refractivity contribution in [3.63, 3.8) is 0 Å². The van der Waals surface area contributed by atoms with E-state index in [-0.39, 0.29) is 17.6 Å². The van der Waals surface area contributed by atoms with Crippen molar-refractivity contribution in [3.8, 4) is 0 Å². The smallest absolute Gasteiger partial charge is 0.336 e. The summed E-state index contributed by atoms with van der Waals surface area (Å²) in [5, 5.41) is 11.8. The van der Waals surface area contributed by atoms with Gasteiger partial charge in [-0.15, -0.1) is 0 Å². The molecule has 6 heteroatoms. The molecule has 0 saturated carbocycles. The number of carbonyl (C=O) groups is 2. The fourth-order valence-corrected chi connectivity index (χ4v) is 2.61. The Kier molecular flexibility index (Phi) is 4.09. The quantitative estimate of drug-likeness (QED) is 0.877. The summed E-state index contributed by atoms with van der Waals surface area (Å²) in [6.07, 6.45) is 2.02. The van der Waals surface area contributed by atoms with Crippen molar-refractivity contribution >= 4 is 33.6 Å². The Morgan fingerprint density at radius 1 is 1.47 bits per heavy atom. The summed E-state index contributed by atoms with van der Waals surface area (Å²) in [5.74, 6) is -1.03. The number of likely N-dealkylation sites (tertiary alicyclic amines) is 1. The molecule has 19 heavy (non-hydrogen) atoms. The Morgan fingerprint density at radius 3 is 2.79 bits per heavy atom. The Labute approximate surface area is 119 Å². The molecule has 0 radical (unpaired) electrons. The van der Waals surface area contributed by atoms with E-state index in [2.05, 4.69) is 21.2 Å². The molecule has 1 fully saturated rings. The van der Waals surface area contributed by atoms with Crippen LogP contribution in [-0.2, 0) is 0 Å². The Morgan fingerprint density at radius 2 is 2.21 bits per heavy atom. The molecule has 1 aliphatic heterocycles. The minimum Gasteiger partial charge on any atom is -0.478 e. The largest absolute Gasteiger partial charge is 0.478 e. The molecule has 0 aliphatic carbocycles. The summed E-state index contributed by atoms with van der Waals surface area (Å²) in [6, 6.07) is 4.80. The fraction of sp³-hybridized carbons (Fsp3) is 0.385. The predicted molar refractivity (Wildman–Crippen MR) is 75.5 cm³/mol. The minimum atomic E-state index is -1.03. The highest BCUT2D eigenvalue weighted by Crippen LogP contribution is 2.23. The van der Waals surface area contributed by atoms with Gasteiger partial charge in [0.1, 0.15) is 0 Å². The average molecular weight is 327 g/mol. The Bertz CT molecular complexity index is 519. The summed E-state index contributed by atoms with van der Waals surface area (Å²) in [7, 11) is 0. The first-order valence-electron chi connectivity index (χ1n) is 6.09. The number of hydrogen-bond acceptors (Lipinski definition) is 2. The number of carboxylic acids is 1. The lowest BCUT2D eigenvalue weighted by molar-refractivity contribution is 0.0696. The molecule has 102 valence electrons. The third-order valence-corrected chi connectivity index (χ3v) is 3.95. The van der Waals surface area contributed by atoms with Gasteiger partial charge in [0, 0.05) is 22.7 Å². The highest BCUT2D eigenvalue weighted by Gasteiger charge is 2.25. The topological polar surface area (TPSA) is 69.6 Å². The van der Waals surface area contributed by atoms with E-state index in [1.807, 2.05) is 6.92 Å². The number of nitrogens with one attached hydrogen (secondary N) is 1. The molecule has 2 N–H and O–H groups in total. The maximum absolute atomic E-state index is 12.0. The summed E-state index contributed by atoms with van der Waals surface area (Å²) in [6.45, 7) is 2.76. The SMILES string of the molecule is CC1CCCN1C(=O)Nc1ccc(Br)c(C(=O)O)c1. The molecule has 1 aromatic rings. The lowest BCUT2D eigenvalue weighted by Gasteiger charge is -2.22. The zero-order valence-electron chi connectivity index (χ0n) is 10.5. The van der Waals surface area contributed by atoms with E-state index in [1.165, 1.54) is 6.07 Å². The molecule has 0 bridgehead atoms. The van der Waals surface area contributed by atoms with E-state index in [4.69, 9.17) is 5.11 Å². The van der Waals surface area contributed by atoms with Crippen molar-refractivity contribution in [2.24, 2.45) is 0 Å². The van der Waals surface area contributed by atoms with Crippen LogP contribution in [-0.4, -0.2) is 34.6 Å². The van der Waals surface area contributed by atoms with Crippen molar-refractivity contribution in [2.75, 3.05) is 11.9 Å². The van der Waals surface area contributed by atoms with Gasteiger partial charge in [0.05, 0.1) is 5.56 Å². The first kappa shape index (κ1) is 13.9. The summed E-state index contributed by atoms with van der Waals surface area (Å²) >= 11 is 3.17. The number of benzene rings is 1. The maximum atomic E-state index is 12.0. The van der Waals surface area contributed by atoms with Crippen LogP contribution in [0.15, 0.2) is 22.7 Å². The van der Waals surface area contributed by atoms with Gasteiger partial charge in [0.2, 0.25) is 0 Å². The van der Waals surface area contributed by atoms with Gasteiger partial charge in [-0.2, -0.15) is 0 Å². The average Bonchev–Trinajstić information content (AvgIpc) is 2.77. The number of nitrogens with zero attached hydrogens (tertiary/aromatic N) is 1. The fourth-order valence-electron chi connectivity index (χ4n) is 2.20. The lowest BCUT2D eigenvalue weighted by atomic mass is 10.2. The van der Waals surface area contributed by atoms with Crippen molar-refractivity contribution in [1.29, 1.82) is 0 Å². The predicted octanol–water partition coefficient (Wildman–Crippen LogP) is 3.16. The number of urea groups is 1. The Balaban J connectivity index is 2.13. The van der Waals surface area contributed by atoms with Crippen LogP contribution in [0.5, 0.6) is 0 Å². The highest BCUT2D eigenvalue weighted by atomic mass is 79.9. The van der Waals surface area contributed by atoms with Crippen LogP contribution < -0.4 is 5.32 Å². The second kappa shape index (κ2) is 5.61. The van der Waals surface area contributed by atoms with Crippen molar-refractivity contribution in [2.45, 2.75) is 25.8 Å². The molecular formula is C13H15BrN2O3. The van der Waals surface area contributed by atoms with Crippen LogP contribution in [0, 0.1) is 0 Å². The first-order chi connectivity index (χ1) is 8.99. The van der Waals surface area contributed by atoms with Crippen molar-refractivity contribution in [3.05, 3.63) is 28.2 Å². The monoisotopic (exact) mass is 326 g/mol. The molecule has 1 aliphatic rings. The molecular weight excluding hydrogens is 312 g/mol. The van der Waals surface area contributed by atoms with Crippen molar-refractivity contribution in [1.82, 2.24) is 4.90 Å². The molecule has 5 nitrogen and oxygen atoms in total. The number of aromatic carboxylic acids is 1. The molecule has 1 aromatic carbocycles. The van der Waals surface area contributed by atoms with E-state index in [9.17, 15) is 9.59 Å². The van der Waals surface area contributed by atoms with Gasteiger partial charge in [-0.25, -0.2) is 9.59 Å². The summed E-state index contributed by atoms with van der Waals surface area (Å²) in [5.41, 5.74) is 0.622. The number of carboxylic acid groups (broad SMARTS) is 1. The second-order valence-electron chi connectivity index (χ2n) is 4.61. The van der Waals surface area contributed by atoms with Crippen LogP contribution in [0.3, 0.4) is 0 Å². The van der Waals surface area contributed by atoms with E-state index in [0.29, 0.717) is 10.2 Å². The van der Waals surface area contributed by atoms with E-state index in [0.717, 1.165) is 19.4 Å². The van der Waals surface area contributed by atoms with Crippen LogP contribution in [0.2, 0.25) is 0 Å². The number of halogens is 1. The molecule has 2 rings (SSSR count). The van der Waals surface area contributed by atoms with E-state index >= 15 is 0 Å². The maximum Gasteiger partial charge on any atom is 0.336 e. The molecule has 2 amide bonds. The van der Waals surface area contributed by atoms with Gasteiger partial charge in [0.15, 0.2) is 0 Å². The molecule has 1 atom stereocenters. The minimum absolute atomic E-state index is 0.132. The van der Waals surface area contributed by atoms with Crippen molar-refractivity contribution < 1.29 is 14.7 Å². The standard InChI is InChI=1S/C13H15BrN2O3/c1-8-3-2-6-16(8)13(19)15-9-4-5-11(14)10(7-9)12(17)18/h4-5,7-8H,2-3,6H2,1H3,(H,15,19)(H,17,18). The Hall–Kier alpha value is -1.56. The van der Waals surface area contributed by atoms with Crippen LogP contribution in [0.1, 0.15) is 30.1 Å². The molecule has 0 aromatic heterocycles. The number of rotatable bonds is 2. The van der Waals surface area contributed by atoms with Crippen LogP contribution in [0.4, 0.5) is 10.5 Å². The number of anilines is 1. The molecule has 1 heterocycles. The molecule has 1 unspecified atom stereocenters. The normalized spacial score (nSPS) is 18.4. The highest BCUT2D eigenvalue weighted by molar-refractivity contribution is 9.10. The summed E-state index contributed by atoms with van der Waals surface area (Å²) < 4.78 is 0.493. The third-order valence-electron chi connectivity index (χ3n) is 3.26. The summed E-state index contributed by atoms with van der Waals surface area (Å²) in [4.78, 5) is 24.8. The third kappa shape index (κ3) is 3.07. The van der Waals surface area contributed by atoms with Crippen LogP contribution >= 0.6 is 15.9 Å². The number of hydrogen-bond donors (Lipinski definition) is 2. The lowest BCUT2D eigenvalue weighted by Crippen LogP contribution is -2.37. The van der Waals surface area contributed by atoms with Gasteiger partial charge in [-0.05, 0) is 53.9 Å². The van der Waals surface area contributed by atoms with Gasteiger partial charge >= 0.3 is 12.0 Å². The second-order valence-corrected chi connectivity index (χ2v) is 5.47. The van der Waals surface area contributed by atoms with E-state index in [1.54, 1.807) is 17.0 Å². The van der Waals surface area contributed by atoms with Gasteiger partial charge in [-0.1, -0.05) is 0 Å². The molecule has 1 saturated heterocycles. The first-order valence-corrected chi connectivity index (χ1v) is 6.89.